The molecule has 0 atom stereocenters. The fourth-order valence-corrected chi connectivity index (χ4v) is 8.79. The molecule has 0 fully saturated rings. The summed E-state index contributed by atoms with van der Waals surface area (Å²) in [6, 6.07) is 32.0. The summed E-state index contributed by atoms with van der Waals surface area (Å²) in [4.78, 5) is 20.8. The molecule has 3 aromatic heterocycles. The molecule has 0 N–H and O–H groups in total. The first-order valence-corrected chi connectivity index (χ1v) is 19.5. The van der Waals surface area contributed by atoms with E-state index >= 15 is 0 Å². The van der Waals surface area contributed by atoms with Crippen LogP contribution in [0.2, 0.25) is 0 Å². The van der Waals surface area contributed by atoms with Crippen molar-refractivity contribution in [3.05, 3.63) is 212 Å². The topological polar surface area (TPSA) is 52.6 Å². The van der Waals surface area contributed by atoms with Crippen LogP contribution in [0.1, 0.15) is 27.8 Å². The van der Waals surface area contributed by atoms with Crippen LogP contribution in [-0.4, -0.2) is 14.0 Å². The molecule has 12 heteroatoms. The maximum atomic E-state index is 7.26. The lowest BCUT2D eigenvalue weighted by atomic mass is 10.1. The SMILES string of the molecule is [C-]#[N+]c1cc2c[n+]3n(c2cc1[N+]#[C-])-c1cc(C)ccc1C3.[C-]#[N+]c1cc2c[n+]3n(c2cc1[N+]#[C-])-c1ccc(C)cc1C3.[C-]#[N+]c1cc2c[n+]3n(c2cc1[N+]#[C-])-c1ccccc1C3. The Morgan fingerprint density at radius 3 is 1.24 bits per heavy atom. The fraction of sp³-hybridized carbons (Fsp3) is 0.100. The highest BCUT2D eigenvalue weighted by Gasteiger charge is 2.31. The van der Waals surface area contributed by atoms with E-state index in [-0.39, 0.29) is 0 Å². The van der Waals surface area contributed by atoms with Crippen molar-refractivity contribution in [2.75, 3.05) is 0 Å². The lowest BCUT2D eigenvalue weighted by Crippen LogP contribution is -2.36. The molecule has 3 aliphatic rings. The number of hydrogen-bond donors (Lipinski definition) is 0. The van der Waals surface area contributed by atoms with E-state index in [1.807, 2.05) is 61.1 Å². The third-order valence-electron chi connectivity index (χ3n) is 11.6. The molecule has 0 bridgehead atoms. The first-order chi connectivity index (χ1) is 30.2. The van der Waals surface area contributed by atoms with E-state index in [0.29, 0.717) is 34.1 Å². The van der Waals surface area contributed by atoms with Crippen molar-refractivity contribution in [1.82, 2.24) is 14.0 Å². The molecular formula is C50H31N12+3. The van der Waals surface area contributed by atoms with Crippen LogP contribution in [0.3, 0.4) is 0 Å². The van der Waals surface area contributed by atoms with E-state index in [1.165, 1.54) is 27.8 Å². The summed E-state index contributed by atoms with van der Waals surface area (Å²) in [5, 5.41) is 3.00. The molecule has 0 saturated carbocycles. The van der Waals surface area contributed by atoms with Gasteiger partial charge in [-0.05, 0) is 61.9 Å². The number of benzene rings is 6. The molecule has 0 aliphatic carbocycles. The second-order valence-electron chi connectivity index (χ2n) is 15.4. The van der Waals surface area contributed by atoms with Gasteiger partial charge in [-0.3, -0.25) is 29.1 Å². The second kappa shape index (κ2) is 14.2. The minimum atomic E-state index is 0.415. The minimum Gasteiger partial charge on any atom is -0.250 e. The van der Waals surface area contributed by atoms with Gasteiger partial charge in [-0.1, -0.05) is 60.2 Å². The van der Waals surface area contributed by atoms with Gasteiger partial charge in [-0.25, -0.2) is 0 Å². The summed E-state index contributed by atoms with van der Waals surface area (Å²) < 4.78 is 12.8. The molecular weight excluding hydrogens is 769 g/mol. The van der Waals surface area contributed by atoms with E-state index in [1.54, 1.807) is 6.07 Å². The van der Waals surface area contributed by atoms with E-state index in [0.717, 1.165) is 69.4 Å². The van der Waals surface area contributed by atoms with E-state index in [4.69, 9.17) is 39.4 Å². The largest absolute Gasteiger partial charge is 0.250 e. The predicted molar refractivity (Wildman–Crippen MR) is 235 cm³/mol. The van der Waals surface area contributed by atoms with Gasteiger partial charge in [0.05, 0.1) is 55.6 Å². The standard InChI is InChI=1S/2C17H11N4.C16H9N4/c1-11-4-5-16-12(6-11)9-20-10-13-7-14(18-2)15(19-3)8-17(13)21(16)20;1-11-4-5-12-9-20-10-13-7-14(18-2)15(19-3)8-17(13)21(20)16(12)6-11;1-17-13-7-12-10-19-9-11-5-3-4-6-15(11)20(19)16(12)8-14(13)18-2/h2*4-8,10H,9H2,1H3;3-8,10H,9H2/q3*+1. The minimum absolute atomic E-state index is 0.415. The van der Waals surface area contributed by atoms with Crippen molar-refractivity contribution in [3.63, 3.8) is 0 Å². The molecule has 0 saturated heterocycles. The van der Waals surface area contributed by atoms with Crippen LogP contribution >= 0.6 is 0 Å². The molecule has 0 unspecified atom stereocenters. The average Bonchev–Trinajstić information content (AvgIpc) is 4.13. The van der Waals surface area contributed by atoms with Gasteiger partial charge in [-0.2, -0.15) is 0 Å². The predicted octanol–water partition coefficient (Wildman–Crippen LogP) is 10.8. The summed E-state index contributed by atoms with van der Waals surface area (Å²) in [7, 11) is 0. The summed E-state index contributed by atoms with van der Waals surface area (Å²) in [5.74, 6) is 0. The Bertz CT molecular complexity index is 3720. The number of hydrogen-bond acceptors (Lipinski definition) is 0. The Morgan fingerprint density at radius 1 is 0.387 bits per heavy atom. The van der Waals surface area contributed by atoms with E-state index in [2.05, 4.69) is 120 Å². The zero-order valence-electron chi connectivity index (χ0n) is 33.5. The number of fused-ring (bicyclic) bond motifs is 15. The van der Waals surface area contributed by atoms with Crippen LogP contribution in [0.15, 0.2) is 116 Å². The number of aromatic nitrogens is 6. The van der Waals surface area contributed by atoms with Crippen LogP contribution in [0, 0.1) is 53.3 Å². The highest BCUT2D eigenvalue weighted by atomic mass is 15.4. The van der Waals surface area contributed by atoms with Crippen molar-refractivity contribution in [1.29, 1.82) is 0 Å². The van der Waals surface area contributed by atoms with Gasteiger partial charge in [0.15, 0.2) is 53.8 Å². The molecule has 0 spiro atoms. The van der Waals surface area contributed by atoms with Crippen molar-refractivity contribution in [3.8, 4) is 17.1 Å². The maximum Gasteiger partial charge on any atom is 0.202 e. The molecule has 3 aliphatic heterocycles. The zero-order chi connectivity index (χ0) is 42.8. The highest BCUT2D eigenvalue weighted by molar-refractivity contribution is 5.93. The number of aryl methyl sites for hydroxylation is 2. The molecule has 12 rings (SSSR count). The van der Waals surface area contributed by atoms with E-state index in [9.17, 15) is 0 Å². The monoisotopic (exact) mass is 799 g/mol. The van der Waals surface area contributed by atoms with Crippen molar-refractivity contribution in [2.45, 2.75) is 33.5 Å². The van der Waals surface area contributed by atoms with Crippen molar-refractivity contribution in [2.24, 2.45) is 0 Å². The Balaban J connectivity index is 0.000000111. The average molecular weight is 800 g/mol. The molecule has 0 amide bonds. The van der Waals surface area contributed by atoms with Gasteiger partial charge >= 0.3 is 0 Å². The Labute approximate surface area is 356 Å². The van der Waals surface area contributed by atoms with Gasteiger partial charge in [-0.15, -0.1) is 28.1 Å². The third-order valence-corrected chi connectivity index (χ3v) is 11.6. The number of rotatable bonds is 0. The van der Waals surface area contributed by atoms with Crippen LogP contribution in [0.4, 0.5) is 34.1 Å². The molecule has 288 valence electrons. The summed E-state index contributed by atoms with van der Waals surface area (Å²) >= 11 is 0. The van der Waals surface area contributed by atoms with Gasteiger partial charge in [0.2, 0.25) is 18.6 Å². The zero-order valence-corrected chi connectivity index (χ0v) is 33.5. The Kier molecular flexibility index (Phi) is 8.47. The van der Waals surface area contributed by atoms with Crippen LogP contribution in [-0.2, 0) is 19.6 Å². The molecule has 0 radical (unpaired) electrons. The Morgan fingerprint density at radius 2 is 0.758 bits per heavy atom. The fourth-order valence-electron chi connectivity index (χ4n) is 8.79. The molecule has 62 heavy (non-hydrogen) atoms. The third kappa shape index (κ3) is 5.73. The van der Waals surface area contributed by atoms with Gasteiger partial charge in [0, 0.05) is 16.7 Å². The summed E-state index contributed by atoms with van der Waals surface area (Å²) in [5.41, 5.74) is 15.2. The molecule has 9 aromatic rings. The first-order valence-electron chi connectivity index (χ1n) is 19.5. The van der Waals surface area contributed by atoms with Crippen LogP contribution < -0.4 is 14.0 Å². The first kappa shape index (κ1) is 37.0. The molecule has 6 heterocycles. The smallest absolute Gasteiger partial charge is 0.202 e. The lowest BCUT2D eigenvalue weighted by molar-refractivity contribution is -0.749. The number of para-hydroxylation sites is 1. The van der Waals surface area contributed by atoms with Crippen LogP contribution in [0.25, 0.3) is 78.8 Å². The van der Waals surface area contributed by atoms with Gasteiger partial charge < -0.3 is 0 Å². The lowest BCUT2D eigenvalue weighted by Gasteiger charge is -2.01. The van der Waals surface area contributed by atoms with Crippen LogP contribution in [0.5, 0.6) is 0 Å². The quantitative estimate of drug-likeness (QED) is 0.108. The van der Waals surface area contributed by atoms with Gasteiger partial charge in [0.25, 0.3) is 0 Å². The molecule has 6 aromatic carbocycles. The van der Waals surface area contributed by atoms with E-state index < -0.39 is 0 Å². The summed E-state index contributed by atoms with van der Waals surface area (Å²) in [6.07, 6.45) is 6.14. The van der Waals surface area contributed by atoms with Crippen molar-refractivity contribution < 1.29 is 14.0 Å². The maximum absolute atomic E-state index is 7.26. The summed E-state index contributed by atoms with van der Waals surface area (Å²) in [6.45, 7) is 49.9. The second-order valence-corrected chi connectivity index (χ2v) is 15.4. The van der Waals surface area contributed by atoms with Crippen molar-refractivity contribution >= 4 is 66.8 Å². The Hall–Kier alpha value is -9.33. The number of nitrogens with zero attached hydrogens (tertiary/aromatic N) is 12. The normalized spacial score (nSPS) is 11.7. The highest BCUT2D eigenvalue weighted by Crippen LogP contribution is 2.38. The molecule has 12 nitrogen and oxygen atoms in total. The van der Waals surface area contributed by atoms with Gasteiger partial charge in [0.1, 0.15) is 33.6 Å².